The Morgan fingerprint density at radius 3 is 2.80 bits per heavy atom. The molecular formula is C17H19N3O4S. The predicted octanol–water partition coefficient (Wildman–Crippen LogP) is 1.93. The third-order valence-corrected chi connectivity index (χ3v) is 4.68. The second kappa shape index (κ2) is 7.20. The Morgan fingerprint density at radius 1 is 1.32 bits per heavy atom. The van der Waals surface area contributed by atoms with E-state index in [0.717, 1.165) is 11.1 Å². The lowest BCUT2D eigenvalue weighted by atomic mass is 10.2. The quantitative estimate of drug-likeness (QED) is 0.722. The molecule has 0 aliphatic carbocycles. The molecule has 0 aliphatic heterocycles. The van der Waals surface area contributed by atoms with Gasteiger partial charge in [-0.2, -0.15) is 0 Å². The number of aromatic nitrogens is 3. The number of nitrogens with zero attached hydrogens (tertiary/aromatic N) is 3. The molecule has 3 rings (SSSR count). The van der Waals surface area contributed by atoms with Gasteiger partial charge in [0.2, 0.25) is 0 Å². The number of rotatable bonds is 6. The van der Waals surface area contributed by atoms with Crippen molar-refractivity contribution in [2.45, 2.75) is 6.92 Å². The monoisotopic (exact) mass is 361 g/mol. The standard InChI is InChI=1S/C17H19N3O4S/c1-11-15(24-9-8-21)6-7-18-16(11)17-19-13-10-12(23-2)4-5-14(13)20(17)25(3)22/h4-7,10,21H,8-9H2,1-3H3. The van der Waals surface area contributed by atoms with Crippen molar-refractivity contribution in [2.24, 2.45) is 0 Å². The number of hydrogen-bond donors (Lipinski definition) is 1. The fourth-order valence-corrected chi connectivity index (χ4v) is 3.43. The molecule has 1 N–H and O–H groups in total. The molecule has 0 aliphatic rings. The molecule has 0 fully saturated rings. The summed E-state index contributed by atoms with van der Waals surface area (Å²) in [5.74, 6) is 1.78. The van der Waals surface area contributed by atoms with E-state index in [0.29, 0.717) is 28.5 Å². The molecule has 2 aromatic heterocycles. The second-order valence-corrected chi connectivity index (χ2v) is 6.58. The fraction of sp³-hybridized carbons (Fsp3) is 0.294. The molecule has 0 spiro atoms. The highest BCUT2D eigenvalue weighted by Crippen LogP contribution is 2.31. The summed E-state index contributed by atoms with van der Waals surface area (Å²) in [6.45, 7) is 1.98. The minimum Gasteiger partial charge on any atom is -0.497 e. The first-order valence-electron chi connectivity index (χ1n) is 7.67. The van der Waals surface area contributed by atoms with Crippen molar-refractivity contribution in [3.63, 3.8) is 0 Å². The zero-order valence-electron chi connectivity index (χ0n) is 14.2. The number of pyridine rings is 1. The van der Waals surface area contributed by atoms with Gasteiger partial charge >= 0.3 is 0 Å². The Labute approximate surface area is 147 Å². The van der Waals surface area contributed by atoms with Gasteiger partial charge in [-0.1, -0.05) is 0 Å². The number of aliphatic hydroxyl groups excluding tert-OH is 1. The average Bonchev–Trinajstić information content (AvgIpc) is 2.99. The Balaban J connectivity index is 2.21. The Morgan fingerprint density at radius 2 is 2.12 bits per heavy atom. The normalized spacial score (nSPS) is 12.3. The molecule has 0 saturated carbocycles. The molecule has 0 bridgehead atoms. The molecule has 1 unspecified atom stereocenters. The van der Waals surface area contributed by atoms with Crippen LogP contribution < -0.4 is 9.47 Å². The summed E-state index contributed by atoms with van der Waals surface area (Å²) >= 11 is 0. The van der Waals surface area contributed by atoms with Gasteiger partial charge < -0.3 is 14.6 Å². The highest BCUT2D eigenvalue weighted by Gasteiger charge is 2.20. The van der Waals surface area contributed by atoms with Gasteiger partial charge in [0, 0.05) is 24.1 Å². The maximum atomic E-state index is 12.3. The minimum atomic E-state index is -1.32. The highest BCUT2D eigenvalue weighted by atomic mass is 32.2. The van der Waals surface area contributed by atoms with E-state index >= 15 is 0 Å². The van der Waals surface area contributed by atoms with Gasteiger partial charge in [-0.3, -0.25) is 4.98 Å². The largest absolute Gasteiger partial charge is 0.497 e. The molecule has 0 radical (unpaired) electrons. The van der Waals surface area contributed by atoms with Crippen LogP contribution >= 0.6 is 0 Å². The van der Waals surface area contributed by atoms with E-state index in [1.54, 1.807) is 41.7 Å². The number of imidazole rings is 1. The number of methoxy groups -OCH3 is 1. The van der Waals surface area contributed by atoms with Gasteiger partial charge in [0.25, 0.3) is 0 Å². The number of benzene rings is 1. The van der Waals surface area contributed by atoms with Gasteiger partial charge in [-0.15, -0.1) is 0 Å². The lowest BCUT2D eigenvalue weighted by Crippen LogP contribution is -2.07. The molecule has 7 nitrogen and oxygen atoms in total. The molecule has 1 aromatic carbocycles. The third kappa shape index (κ3) is 3.22. The molecular weight excluding hydrogens is 342 g/mol. The second-order valence-electron chi connectivity index (χ2n) is 5.36. The number of ether oxygens (including phenoxy) is 2. The summed E-state index contributed by atoms with van der Waals surface area (Å²) in [5.41, 5.74) is 2.76. The van der Waals surface area contributed by atoms with Crippen molar-refractivity contribution in [1.82, 2.24) is 13.9 Å². The lowest BCUT2D eigenvalue weighted by molar-refractivity contribution is 0.200. The van der Waals surface area contributed by atoms with Crippen LogP contribution in [0.25, 0.3) is 22.6 Å². The van der Waals surface area contributed by atoms with Crippen molar-refractivity contribution in [2.75, 3.05) is 26.6 Å². The van der Waals surface area contributed by atoms with Crippen LogP contribution in [0.5, 0.6) is 11.5 Å². The SMILES string of the molecule is COc1ccc2c(c1)nc(-c1nccc(OCCO)c1C)n2S(C)=O. The van der Waals surface area contributed by atoms with Crippen molar-refractivity contribution in [1.29, 1.82) is 0 Å². The Bertz CT molecular complexity index is 939. The van der Waals surface area contributed by atoms with Crippen LogP contribution in [0.2, 0.25) is 0 Å². The summed E-state index contributed by atoms with van der Waals surface area (Å²) in [6.07, 6.45) is 3.20. The third-order valence-electron chi connectivity index (χ3n) is 3.79. The first kappa shape index (κ1) is 17.4. The van der Waals surface area contributed by atoms with E-state index in [9.17, 15) is 4.21 Å². The molecule has 8 heteroatoms. The molecule has 3 aromatic rings. The summed E-state index contributed by atoms with van der Waals surface area (Å²) in [7, 11) is 0.267. The van der Waals surface area contributed by atoms with Crippen LogP contribution in [0.15, 0.2) is 30.5 Å². The number of fused-ring (bicyclic) bond motifs is 1. The molecule has 25 heavy (non-hydrogen) atoms. The van der Waals surface area contributed by atoms with E-state index in [2.05, 4.69) is 9.97 Å². The zero-order chi connectivity index (χ0) is 18.0. The maximum Gasteiger partial charge on any atom is 0.172 e. The van der Waals surface area contributed by atoms with Gasteiger partial charge in [-0.25, -0.2) is 13.2 Å². The van der Waals surface area contributed by atoms with Gasteiger partial charge in [0.15, 0.2) is 5.82 Å². The van der Waals surface area contributed by atoms with E-state index in [1.165, 1.54) is 0 Å². The summed E-state index contributed by atoms with van der Waals surface area (Å²) in [4.78, 5) is 9.02. The summed E-state index contributed by atoms with van der Waals surface area (Å²) in [5, 5.41) is 8.96. The van der Waals surface area contributed by atoms with Crippen molar-refractivity contribution in [3.8, 4) is 23.0 Å². The van der Waals surface area contributed by atoms with Crippen LogP contribution in [0.3, 0.4) is 0 Å². The van der Waals surface area contributed by atoms with E-state index < -0.39 is 11.0 Å². The minimum absolute atomic E-state index is 0.0750. The molecule has 2 heterocycles. The smallest absolute Gasteiger partial charge is 0.172 e. The topological polar surface area (TPSA) is 86.5 Å². The maximum absolute atomic E-state index is 12.3. The van der Waals surface area contributed by atoms with Gasteiger partial charge in [0.05, 0.1) is 24.8 Å². The molecule has 0 amide bonds. The first-order chi connectivity index (χ1) is 12.1. The lowest BCUT2D eigenvalue weighted by Gasteiger charge is -2.11. The summed E-state index contributed by atoms with van der Waals surface area (Å²) in [6, 6.07) is 7.16. The number of hydrogen-bond acceptors (Lipinski definition) is 6. The van der Waals surface area contributed by atoms with Crippen LogP contribution in [0, 0.1) is 6.92 Å². The van der Waals surface area contributed by atoms with Gasteiger partial charge in [0.1, 0.15) is 34.8 Å². The van der Waals surface area contributed by atoms with Crippen LogP contribution in [0.1, 0.15) is 5.56 Å². The Kier molecular flexibility index (Phi) is 5.00. The van der Waals surface area contributed by atoms with Crippen molar-refractivity contribution < 1.29 is 18.8 Å². The van der Waals surface area contributed by atoms with Crippen LogP contribution in [0.4, 0.5) is 0 Å². The van der Waals surface area contributed by atoms with Crippen LogP contribution in [-0.4, -0.2) is 49.8 Å². The zero-order valence-corrected chi connectivity index (χ0v) is 15.0. The predicted molar refractivity (Wildman–Crippen MR) is 96.3 cm³/mol. The molecule has 1 atom stereocenters. The molecule has 132 valence electrons. The van der Waals surface area contributed by atoms with Crippen molar-refractivity contribution >= 4 is 22.0 Å². The van der Waals surface area contributed by atoms with E-state index in [-0.39, 0.29) is 13.2 Å². The summed E-state index contributed by atoms with van der Waals surface area (Å²) < 4.78 is 24.8. The van der Waals surface area contributed by atoms with Gasteiger partial charge in [-0.05, 0) is 25.1 Å². The molecule has 0 saturated heterocycles. The van der Waals surface area contributed by atoms with E-state index in [1.807, 2.05) is 13.0 Å². The van der Waals surface area contributed by atoms with Crippen LogP contribution in [-0.2, 0) is 11.0 Å². The first-order valence-corrected chi connectivity index (χ1v) is 9.18. The highest BCUT2D eigenvalue weighted by molar-refractivity contribution is 7.83. The van der Waals surface area contributed by atoms with E-state index in [4.69, 9.17) is 14.6 Å². The van der Waals surface area contributed by atoms with Crippen molar-refractivity contribution in [3.05, 3.63) is 36.0 Å². The fourth-order valence-electron chi connectivity index (χ4n) is 2.63. The average molecular weight is 361 g/mol. The number of aliphatic hydroxyl groups is 1. The Hall–Kier alpha value is -2.45.